The number of aryl methyl sites for hydroxylation is 2. The summed E-state index contributed by atoms with van der Waals surface area (Å²) in [5, 5.41) is 11.2. The number of hydrogen-bond acceptors (Lipinski definition) is 7. The highest BCUT2D eigenvalue weighted by Crippen LogP contribution is 2.43. The average molecular weight is 433 g/mol. The number of thiazole rings is 1. The summed E-state index contributed by atoms with van der Waals surface area (Å²) in [6, 6.07) is 9.62. The van der Waals surface area contributed by atoms with Crippen LogP contribution in [0.3, 0.4) is 0 Å². The van der Waals surface area contributed by atoms with Gasteiger partial charge in [0.2, 0.25) is 0 Å². The molecule has 1 saturated heterocycles. The molecule has 8 heteroatoms. The van der Waals surface area contributed by atoms with Gasteiger partial charge in [0.15, 0.2) is 10.9 Å². The van der Waals surface area contributed by atoms with Crippen molar-refractivity contribution in [3.05, 3.63) is 81.6 Å². The van der Waals surface area contributed by atoms with Crippen molar-refractivity contribution in [2.24, 2.45) is 0 Å². The molecule has 1 aliphatic rings. The largest absolute Gasteiger partial charge is 0.507 e. The van der Waals surface area contributed by atoms with E-state index < -0.39 is 17.7 Å². The molecule has 7 nitrogen and oxygen atoms in total. The number of benzene rings is 1. The summed E-state index contributed by atoms with van der Waals surface area (Å²) in [6.45, 7) is 5.05. The van der Waals surface area contributed by atoms with Crippen LogP contribution >= 0.6 is 11.3 Å². The highest BCUT2D eigenvalue weighted by molar-refractivity contribution is 7.18. The van der Waals surface area contributed by atoms with Gasteiger partial charge in [-0.2, -0.15) is 0 Å². The Labute approximate surface area is 182 Å². The van der Waals surface area contributed by atoms with Crippen LogP contribution in [0.25, 0.3) is 5.76 Å². The first-order chi connectivity index (χ1) is 14.8. The van der Waals surface area contributed by atoms with Gasteiger partial charge in [-0.05, 0) is 31.5 Å². The van der Waals surface area contributed by atoms with Crippen molar-refractivity contribution in [3.8, 4) is 0 Å². The Bertz CT molecular complexity index is 1230. The van der Waals surface area contributed by atoms with Gasteiger partial charge in [0.05, 0.1) is 22.2 Å². The molecule has 3 aromatic rings. The van der Waals surface area contributed by atoms with Crippen molar-refractivity contribution >= 4 is 39.7 Å². The van der Waals surface area contributed by atoms with Crippen LogP contribution in [0.4, 0.5) is 5.13 Å². The van der Waals surface area contributed by atoms with Crippen molar-refractivity contribution < 1.29 is 19.5 Å². The second kappa shape index (κ2) is 7.88. The van der Waals surface area contributed by atoms with Crippen LogP contribution in [-0.2, 0) is 9.59 Å². The topological polar surface area (TPSA) is 100 Å². The van der Waals surface area contributed by atoms with Crippen molar-refractivity contribution in [2.75, 3.05) is 4.90 Å². The molecule has 0 saturated carbocycles. The minimum Gasteiger partial charge on any atom is -0.507 e. The zero-order valence-corrected chi connectivity index (χ0v) is 17.9. The van der Waals surface area contributed by atoms with E-state index in [0.29, 0.717) is 21.7 Å². The molecule has 1 atom stereocenters. The standard InChI is InChI=1S/C23H19N3O4S/c1-12-4-6-15(7-5-12)18-17(19(28)16-8-10-24-11-9-16)20(29)22(30)26(18)23-25-13(2)21(31-23)14(3)27/h4-11,18,28H,1-3H3/b19-17+. The molecule has 1 aromatic carbocycles. The zero-order valence-electron chi connectivity index (χ0n) is 17.1. The fourth-order valence-electron chi connectivity index (χ4n) is 3.57. The number of aliphatic hydroxyl groups excluding tert-OH is 1. The summed E-state index contributed by atoms with van der Waals surface area (Å²) in [7, 11) is 0. The van der Waals surface area contributed by atoms with Crippen LogP contribution in [0, 0.1) is 13.8 Å². The lowest BCUT2D eigenvalue weighted by molar-refractivity contribution is -0.132. The van der Waals surface area contributed by atoms with E-state index in [1.54, 1.807) is 19.1 Å². The van der Waals surface area contributed by atoms with Gasteiger partial charge in [-0.15, -0.1) is 0 Å². The molecule has 1 unspecified atom stereocenters. The molecule has 0 aliphatic carbocycles. The van der Waals surface area contributed by atoms with E-state index in [0.717, 1.165) is 16.9 Å². The number of rotatable bonds is 4. The van der Waals surface area contributed by atoms with E-state index in [1.165, 1.54) is 24.2 Å². The molecular weight excluding hydrogens is 414 g/mol. The highest BCUT2D eigenvalue weighted by atomic mass is 32.1. The van der Waals surface area contributed by atoms with Gasteiger partial charge in [0.25, 0.3) is 5.78 Å². The Morgan fingerprint density at radius 3 is 2.29 bits per heavy atom. The lowest BCUT2D eigenvalue weighted by Crippen LogP contribution is -2.29. The molecule has 31 heavy (non-hydrogen) atoms. The molecule has 1 amide bonds. The fraction of sp³-hybridized carbons (Fsp3) is 0.174. The molecule has 1 aliphatic heterocycles. The molecule has 0 spiro atoms. The number of Topliss-reactive ketones (excluding diaryl/α,β-unsaturated/α-hetero) is 2. The van der Waals surface area contributed by atoms with Gasteiger partial charge < -0.3 is 5.11 Å². The maximum atomic E-state index is 13.1. The smallest absolute Gasteiger partial charge is 0.301 e. The lowest BCUT2D eigenvalue weighted by Gasteiger charge is -2.23. The second-order valence-corrected chi connectivity index (χ2v) is 8.26. The number of pyridine rings is 1. The first kappa shape index (κ1) is 20.6. The number of aromatic nitrogens is 2. The van der Waals surface area contributed by atoms with E-state index in [9.17, 15) is 19.5 Å². The molecule has 2 aromatic heterocycles. The fourth-order valence-corrected chi connectivity index (χ4v) is 4.56. The van der Waals surface area contributed by atoms with Crippen LogP contribution in [0.2, 0.25) is 0 Å². The van der Waals surface area contributed by atoms with Crippen molar-refractivity contribution in [3.63, 3.8) is 0 Å². The Balaban J connectivity index is 1.95. The monoisotopic (exact) mass is 433 g/mol. The van der Waals surface area contributed by atoms with Crippen LogP contribution in [0.15, 0.2) is 54.4 Å². The third kappa shape index (κ3) is 3.55. The van der Waals surface area contributed by atoms with Gasteiger partial charge >= 0.3 is 5.91 Å². The van der Waals surface area contributed by atoms with E-state index in [-0.39, 0.29) is 22.2 Å². The van der Waals surface area contributed by atoms with Crippen LogP contribution in [0.5, 0.6) is 0 Å². The Kier molecular flexibility index (Phi) is 5.24. The Morgan fingerprint density at radius 1 is 1.06 bits per heavy atom. The summed E-state index contributed by atoms with van der Waals surface area (Å²) in [5.41, 5.74) is 2.50. The summed E-state index contributed by atoms with van der Waals surface area (Å²) in [5.74, 6) is -2.06. The molecule has 1 N–H and O–H groups in total. The quantitative estimate of drug-likeness (QED) is 0.289. The predicted molar refractivity (Wildman–Crippen MR) is 117 cm³/mol. The van der Waals surface area contributed by atoms with Crippen LogP contribution < -0.4 is 4.90 Å². The number of aliphatic hydroxyl groups is 1. The predicted octanol–water partition coefficient (Wildman–Crippen LogP) is 3.98. The van der Waals surface area contributed by atoms with E-state index >= 15 is 0 Å². The lowest BCUT2D eigenvalue weighted by atomic mass is 9.95. The van der Waals surface area contributed by atoms with Gasteiger partial charge in [-0.3, -0.25) is 24.3 Å². The molecule has 156 valence electrons. The summed E-state index contributed by atoms with van der Waals surface area (Å²) >= 11 is 1.06. The summed E-state index contributed by atoms with van der Waals surface area (Å²) < 4.78 is 0. The third-order valence-corrected chi connectivity index (χ3v) is 6.36. The van der Waals surface area contributed by atoms with Crippen LogP contribution in [0.1, 0.15) is 45.0 Å². The van der Waals surface area contributed by atoms with Gasteiger partial charge in [0.1, 0.15) is 5.76 Å². The first-order valence-electron chi connectivity index (χ1n) is 9.56. The summed E-state index contributed by atoms with van der Waals surface area (Å²) in [4.78, 5) is 48.1. The number of ketones is 2. The maximum Gasteiger partial charge on any atom is 0.301 e. The molecule has 4 rings (SSSR count). The Morgan fingerprint density at radius 2 is 1.71 bits per heavy atom. The number of anilines is 1. The van der Waals surface area contributed by atoms with E-state index in [1.807, 2.05) is 31.2 Å². The molecule has 0 bridgehead atoms. The van der Waals surface area contributed by atoms with Gasteiger partial charge in [0, 0.05) is 24.9 Å². The number of carbonyl (C=O) groups is 3. The van der Waals surface area contributed by atoms with E-state index in [4.69, 9.17) is 0 Å². The SMILES string of the molecule is CC(=O)c1sc(N2C(=O)C(=O)/C(=C(/O)c3ccncc3)C2c2ccc(C)cc2)nc1C. The zero-order chi connectivity index (χ0) is 22.3. The van der Waals surface area contributed by atoms with Crippen molar-refractivity contribution in [2.45, 2.75) is 26.8 Å². The molecular formula is C23H19N3O4S. The first-order valence-corrected chi connectivity index (χ1v) is 10.4. The molecule has 0 radical (unpaired) electrons. The molecule has 3 heterocycles. The number of nitrogens with zero attached hydrogens (tertiary/aromatic N) is 3. The average Bonchev–Trinajstić information content (AvgIpc) is 3.26. The van der Waals surface area contributed by atoms with Crippen molar-refractivity contribution in [1.29, 1.82) is 0 Å². The van der Waals surface area contributed by atoms with Crippen LogP contribution in [-0.4, -0.2) is 32.5 Å². The normalized spacial score (nSPS) is 17.9. The van der Waals surface area contributed by atoms with E-state index in [2.05, 4.69) is 9.97 Å². The third-order valence-electron chi connectivity index (χ3n) is 5.10. The highest BCUT2D eigenvalue weighted by Gasteiger charge is 2.48. The molecule has 1 fully saturated rings. The maximum absolute atomic E-state index is 13.1. The summed E-state index contributed by atoms with van der Waals surface area (Å²) in [6.07, 6.45) is 2.99. The van der Waals surface area contributed by atoms with Crippen molar-refractivity contribution in [1.82, 2.24) is 9.97 Å². The van der Waals surface area contributed by atoms with Gasteiger partial charge in [-0.25, -0.2) is 4.98 Å². The van der Waals surface area contributed by atoms with Gasteiger partial charge in [-0.1, -0.05) is 41.2 Å². The number of amides is 1. The minimum absolute atomic E-state index is 0.0303. The minimum atomic E-state index is -0.876. The number of carbonyl (C=O) groups excluding carboxylic acids is 3. The second-order valence-electron chi connectivity index (χ2n) is 7.28. The number of hydrogen-bond donors (Lipinski definition) is 1. The Hall–Kier alpha value is -3.65.